The first kappa shape index (κ1) is 14.1. The molecule has 0 amide bonds. The highest BCUT2D eigenvalue weighted by atomic mass is 16.5. The lowest BCUT2D eigenvalue weighted by molar-refractivity contribution is 0.0436. The van der Waals surface area contributed by atoms with E-state index in [4.69, 9.17) is 9.15 Å². The maximum absolute atomic E-state index is 12.1. The fourth-order valence-electron chi connectivity index (χ4n) is 2.16. The Balaban J connectivity index is 1.85. The van der Waals surface area contributed by atoms with E-state index < -0.39 is 5.97 Å². The molecule has 4 heteroatoms. The molecule has 0 saturated carbocycles. The predicted molar refractivity (Wildman–Crippen MR) is 82.8 cm³/mol. The Hall–Kier alpha value is -2.88. The minimum Gasteiger partial charge on any atom is -0.455 e. The Morgan fingerprint density at radius 1 is 1.09 bits per heavy atom. The van der Waals surface area contributed by atoms with Gasteiger partial charge in [0.2, 0.25) is 5.76 Å². The van der Waals surface area contributed by atoms with E-state index in [9.17, 15) is 9.59 Å². The number of carbonyl (C=O) groups is 1. The van der Waals surface area contributed by atoms with E-state index in [2.05, 4.69) is 0 Å². The number of esters is 1. The van der Waals surface area contributed by atoms with Gasteiger partial charge < -0.3 is 9.15 Å². The summed E-state index contributed by atoms with van der Waals surface area (Å²) in [7, 11) is 0. The van der Waals surface area contributed by atoms with Gasteiger partial charge in [0.05, 0.1) is 5.39 Å². The summed E-state index contributed by atoms with van der Waals surface area (Å²) in [6, 6.07) is 15.7. The molecular formula is C18H14O4. The van der Waals surface area contributed by atoms with Gasteiger partial charge in [-0.1, -0.05) is 42.0 Å². The van der Waals surface area contributed by atoms with E-state index in [1.165, 1.54) is 6.07 Å². The van der Waals surface area contributed by atoms with Gasteiger partial charge in [-0.25, -0.2) is 4.79 Å². The summed E-state index contributed by atoms with van der Waals surface area (Å²) in [6.45, 7) is 2.02. The highest BCUT2D eigenvalue weighted by Crippen LogP contribution is 2.15. The largest absolute Gasteiger partial charge is 0.455 e. The Kier molecular flexibility index (Phi) is 3.74. The minimum absolute atomic E-state index is 0.0858. The van der Waals surface area contributed by atoms with Crippen LogP contribution in [0.25, 0.3) is 11.0 Å². The number of benzene rings is 2. The average molecular weight is 294 g/mol. The molecule has 0 spiro atoms. The molecule has 0 atom stereocenters. The zero-order chi connectivity index (χ0) is 15.5. The van der Waals surface area contributed by atoms with E-state index in [0.29, 0.717) is 11.0 Å². The molecule has 110 valence electrons. The lowest BCUT2D eigenvalue weighted by atomic mass is 10.1. The molecule has 0 aliphatic heterocycles. The molecule has 22 heavy (non-hydrogen) atoms. The van der Waals surface area contributed by atoms with Crippen LogP contribution in [0.4, 0.5) is 0 Å². The summed E-state index contributed by atoms with van der Waals surface area (Å²) >= 11 is 0. The van der Waals surface area contributed by atoms with Gasteiger partial charge in [-0.3, -0.25) is 4.79 Å². The van der Waals surface area contributed by atoms with Gasteiger partial charge in [-0.15, -0.1) is 0 Å². The number of hydrogen-bond acceptors (Lipinski definition) is 4. The number of aryl methyl sites for hydroxylation is 1. The van der Waals surface area contributed by atoms with Crippen LogP contribution in [0.15, 0.2) is 63.8 Å². The van der Waals surface area contributed by atoms with Crippen LogP contribution < -0.4 is 5.43 Å². The molecule has 3 rings (SSSR count). The first-order valence-corrected chi connectivity index (χ1v) is 6.89. The van der Waals surface area contributed by atoms with Crippen molar-refractivity contribution in [2.75, 3.05) is 0 Å². The monoisotopic (exact) mass is 294 g/mol. The van der Waals surface area contributed by atoms with Crippen molar-refractivity contribution in [2.45, 2.75) is 13.5 Å². The first-order chi connectivity index (χ1) is 10.6. The number of hydrogen-bond donors (Lipinski definition) is 0. The highest BCUT2D eigenvalue weighted by molar-refractivity contribution is 5.89. The Bertz CT molecular complexity index is 878. The normalized spacial score (nSPS) is 10.6. The third-order valence-electron chi connectivity index (χ3n) is 3.30. The quantitative estimate of drug-likeness (QED) is 0.694. The molecule has 0 saturated heterocycles. The van der Waals surface area contributed by atoms with Crippen molar-refractivity contribution in [1.29, 1.82) is 0 Å². The topological polar surface area (TPSA) is 56.5 Å². The van der Waals surface area contributed by atoms with Gasteiger partial charge in [0.1, 0.15) is 12.2 Å². The standard InChI is InChI=1S/C18H14O4/c1-12-7-8-16-14(9-12)15(19)10-17(22-16)18(20)21-11-13-5-3-2-4-6-13/h2-10H,11H2,1H3. The first-order valence-electron chi connectivity index (χ1n) is 6.89. The second kappa shape index (κ2) is 5.85. The van der Waals surface area contributed by atoms with Crippen LogP contribution in [0.1, 0.15) is 21.7 Å². The van der Waals surface area contributed by atoms with E-state index >= 15 is 0 Å². The van der Waals surface area contributed by atoms with Gasteiger partial charge in [0, 0.05) is 6.07 Å². The number of ether oxygens (including phenoxy) is 1. The van der Waals surface area contributed by atoms with Crippen molar-refractivity contribution in [2.24, 2.45) is 0 Å². The predicted octanol–water partition coefficient (Wildman–Crippen LogP) is 3.46. The van der Waals surface area contributed by atoms with Crippen molar-refractivity contribution in [1.82, 2.24) is 0 Å². The highest BCUT2D eigenvalue weighted by Gasteiger charge is 2.14. The summed E-state index contributed by atoms with van der Waals surface area (Å²) < 4.78 is 10.6. The fourth-order valence-corrected chi connectivity index (χ4v) is 2.16. The van der Waals surface area contributed by atoms with Gasteiger partial charge >= 0.3 is 5.97 Å². The van der Waals surface area contributed by atoms with E-state index in [0.717, 1.165) is 11.1 Å². The SMILES string of the molecule is Cc1ccc2oc(C(=O)OCc3ccccc3)cc(=O)c2c1. The van der Waals surface area contributed by atoms with Gasteiger partial charge in [-0.05, 0) is 24.6 Å². The van der Waals surface area contributed by atoms with Crippen molar-refractivity contribution in [3.05, 3.63) is 81.7 Å². The van der Waals surface area contributed by atoms with Crippen LogP contribution >= 0.6 is 0 Å². The molecule has 4 nitrogen and oxygen atoms in total. The summed E-state index contributed by atoms with van der Waals surface area (Å²) in [6.07, 6.45) is 0. The number of rotatable bonds is 3. The molecule has 3 aromatic rings. The molecule has 0 bridgehead atoms. The van der Waals surface area contributed by atoms with Crippen LogP contribution in [-0.2, 0) is 11.3 Å². The zero-order valence-corrected chi connectivity index (χ0v) is 12.0. The van der Waals surface area contributed by atoms with Gasteiger partial charge in [0.25, 0.3) is 0 Å². The van der Waals surface area contributed by atoms with E-state index in [-0.39, 0.29) is 17.8 Å². The molecule has 0 N–H and O–H groups in total. The molecule has 0 aliphatic rings. The van der Waals surface area contributed by atoms with Crippen LogP contribution in [0, 0.1) is 6.92 Å². The molecule has 0 fully saturated rings. The van der Waals surface area contributed by atoms with Crippen LogP contribution in [0.2, 0.25) is 0 Å². The Labute approximate surface area is 127 Å². The van der Waals surface area contributed by atoms with Crippen molar-refractivity contribution in [3.8, 4) is 0 Å². The van der Waals surface area contributed by atoms with Crippen molar-refractivity contribution >= 4 is 16.9 Å². The Morgan fingerprint density at radius 3 is 2.64 bits per heavy atom. The number of fused-ring (bicyclic) bond motifs is 1. The van der Waals surface area contributed by atoms with Crippen LogP contribution in [-0.4, -0.2) is 5.97 Å². The van der Waals surface area contributed by atoms with Crippen molar-refractivity contribution < 1.29 is 13.9 Å². The molecule has 0 radical (unpaired) electrons. The smallest absolute Gasteiger partial charge is 0.374 e. The van der Waals surface area contributed by atoms with Gasteiger partial charge in [0.15, 0.2) is 5.43 Å². The molecule has 2 aromatic carbocycles. The maximum Gasteiger partial charge on any atom is 0.374 e. The summed E-state index contributed by atoms with van der Waals surface area (Å²) in [5.41, 5.74) is 1.95. The van der Waals surface area contributed by atoms with Crippen LogP contribution in [0.3, 0.4) is 0 Å². The average Bonchev–Trinajstić information content (AvgIpc) is 2.54. The molecule has 0 unspecified atom stereocenters. The fraction of sp³-hybridized carbons (Fsp3) is 0.111. The third-order valence-corrected chi connectivity index (χ3v) is 3.30. The number of carbonyl (C=O) groups excluding carboxylic acids is 1. The Morgan fingerprint density at radius 2 is 1.86 bits per heavy atom. The molecule has 0 aliphatic carbocycles. The van der Waals surface area contributed by atoms with E-state index in [1.54, 1.807) is 12.1 Å². The maximum atomic E-state index is 12.1. The van der Waals surface area contributed by atoms with Crippen LogP contribution in [0.5, 0.6) is 0 Å². The minimum atomic E-state index is -0.650. The third kappa shape index (κ3) is 2.91. The summed E-state index contributed by atoms with van der Waals surface area (Å²) in [4.78, 5) is 24.1. The van der Waals surface area contributed by atoms with Crippen molar-refractivity contribution in [3.63, 3.8) is 0 Å². The second-order valence-corrected chi connectivity index (χ2v) is 5.04. The summed E-state index contributed by atoms with van der Waals surface area (Å²) in [5.74, 6) is -0.735. The van der Waals surface area contributed by atoms with E-state index in [1.807, 2.05) is 43.3 Å². The summed E-state index contributed by atoms with van der Waals surface area (Å²) in [5, 5.41) is 0.458. The second-order valence-electron chi connectivity index (χ2n) is 5.04. The lowest BCUT2D eigenvalue weighted by Crippen LogP contribution is -2.10. The molecule has 1 aromatic heterocycles. The molecular weight excluding hydrogens is 280 g/mol. The van der Waals surface area contributed by atoms with Gasteiger partial charge in [-0.2, -0.15) is 0 Å². The molecule has 1 heterocycles. The zero-order valence-electron chi connectivity index (χ0n) is 12.0. The lowest BCUT2D eigenvalue weighted by Gasteiger charge is -2.05.